The van der Waals surface area contributed by atoms with Crippen LogP contribution in [0.15, 0.2) is 53.4 Å². The third kappa shape index (κ3) is 7.73. The molecule has 2 aromatic carbocycles. The number of benzene rings is 2. The van der Waals surface area contributed by atoms with E-state index >= 15 is 0 Å². The molecule has 4 N–H and O–H groups in total. The molecule has 1 aliphatic carbocycles. The molecule has 5 atom stereocenters. The molecule has 1 fully saturated rings. The Labute approximate surface area is 248 Å². The zero-order valence-corrected chi connectivity index (χ0v) is 25.9. The quantitative estimate of drug-likeness (QED) is 0.334. The molecule has 0 aromatic heterocycles. The summed E-state index contributed by atoms with van der Waals surface area (Å²) in [5.41, 5.74) is 5.61. The Morgan fingerprint density at radius 2 is 1.57 bits per heavy atom. The van der Waals surface area contributed by atoms with Crippen LogP contribution in [0.5, 0.6) is 0 Å². The molecular formula is C27H34F3N3O6S3. The largest absolute Gasteiger partial charge is 0.407 e. The molecular weight excluding hydrogens is 616 g/mol. The van der Waals surface area contributed by atoms with Crippen LogP contribution in [0.3, 0.4) is 0 Å². The Balaban J connectivity index is 1.89. The van der Waals surface area contributed by atoms with Crippen molar-refractivity contribution in [1.82, 2.24) is 10.0 Å². The van der Waals surface area contributed by atoms with Gasteiger partial charge in [0.05, 0.1) is 28.6 Å². The molecule has 3 rings (SSSR count). The molecule has 0 saturated heterocycles. The number of amides is 1. The number of alkyl halides is 3. The van der Waals surface area contributed by atoms with Crippen molar-refractivity contribution in [2.45, 2.75) is 48.5 Å². The van der Waals surface area contributed by atoms with Crippen molar-refractivity contribution in [3.05, 3.63) is 54.1 Å². The van der Waals surface area contributed by atoms with Crippen molar-refractivity contribution in [2.24, 2.45) is 17.6 Å². The summed E-state index contributed by atoms with van der Waals surface area (Å²) in [5, 5.41) is 2.41. The van der Waals surface area contributed by atoms with E-state index in [2.05, 4.69) is 5.32 Å². The van der Waals surface area contributed by atoms with Gasteiger partial charge in [0.15, 0.2) is 15.6 Å². The van der Waals surface area contributed by atoms with E-state index in [1.54, 1.807) is 25.3 Å². The van der Waals surface area contributed by atoms with Gasteiger partial charge in [-0.1, -0.05) is 43.3 Å². The highest BCUT2D eigenvalue weighted by atomic mass is 32.2. The maximum Gasteiger partial charge on any atom is 0.407 e. The summed E-state index contributed by atoms with van der Waals surface area (Å²) in [6, 6.07) is 7.81. The van der Waals surface area contributed by atoms with Crippen LogP contribution in [0.2, 0.25) is 0 Å². The van der Waals surface area contributed by atoms with Gasteiger partial charge in [0.25, 0.3) is 0 Å². The first-order valence-corrected chi connectivity index (χ1v) is 18.0. The number of sulfonamides is 1. The number of halogens is 3. The highest BCUT2D eigenvalue weighted by Crippen LogP contribution is 2.41. The number of Topliss-reactive ketones (excluding diaryl/α,β-unsaturated/α-hetero) is 1. The molecule has 0 heterocycles. The van der Waals surface area contributed by atoms with Gasteiger partial charge in [-0.25, -0.2) is 16.8 Å². The van der Waals surface area contributed by atoms with Crippen LogP contribution in [0.25, 0.3) is 11.1 Å². The zero-order valence-electron chi connectivity index (χ0n) is 23.4. The lowest BCUT2D eigenvalue weighted by molar-refractivity contribution is -0.160. The second-order valence-corrected chi connectivity index (χ2v) is 15.4. The second kappa shape index (κ2) is 12.6. The molecule has 15 heteroatoms. The molecule has 1 aliphatic rings. The number of rotatable bonds is 11. The number of carbonyl (C=O) groups is 2. The minimum absolute atomic E-state index is 0.0527. The van der Waals surface area contributed by atoms with E-state index < -0.39 is 67.2 Å². The SMILES string of the molecule is CSCC[C@@H](C(=O)NS(C)(=O)=O)C1(N)C(=O)[C@@H](N[C@@H](c2ccc(-c3ccc(S(C)(=O)=O)cc3)cc2)C(F)(F)F)CC1C. The second-order valence-electron chi connectivity index (χ2n) is 10.6. The lowest BCUT2D eigenvalue weighted by Gasteiger charge is -2.35. The summed E-state index contributed by atoms with van der Waals surface area (Å²) in [7, 11) is -7.38. The fourth-order valence-corrected chi connectivity index (χ4v) is 6.89. The average Bonchev–Trinajstić information content (AvgIpc) is 3.09. The van der Waals surface area contributed by atoms with Gasteiger partial charge in [0.2, 0.25) is 15.9 Å². The molecule has 232 valence electrons. The van der Waals surface area contributed by atoms with E-state index in [1.807, 2.05) is 4.72 Å². The number of ketones is 1. The number of carbonyl (C=O) groups excluding carboxylic acids is 2. The van der Waals surface area contributed by atoms with E-state index in [9.17, 15) is 39.6 Å². The summed E-state index contributed by atoms with van der Waals surface area (Å²) in [6.07, 6.45) is -1.23. The highest BCUT2D eigenvalue weighted by molar-refractivity contribution is 7.98. The van der Waals surface area contributed by atoms with Crippen molar-refractivity contribution in [2.75, 3.05) is 24.5 Å². The molecule has 42 heavy (non-hydrogen) atoms. The molecule has 1 saturated carbocycles. The van der Waals surface area contributed by atoms with Crippen molar-refractivity contribution in [3.63, 3.8) is 0 Å². The van der Waals surface area contributed by atoms with Crippen molar-refractivity contribution >= 4 is 43.3 Å². The van der Waals surface area contributed by atoms with Gasteiger partial charge in [-0.2, -0.15) is 24.9 Å². The Morgan fingerprint density at radius 1 is 1.05 bits per heavy atom. The minimum Gasteiger partial charge on any atom is -0.318 e. The van der Waals surface area contributed by atoms with Gasteiger partial charge in [0.1, 0.15) is 6.04 Å². The fraction of sp³-hybridized carbons (Fsp3) is 0.481. The van der Waals surface area contributed by atoms with E-state index in [0.717, 1.165) is 12.5 Å². The van der Waals surface area contributed by atoms with E-state index in [1.165, 1.54) is 48.2 Å². The predicted octanol–water partition coefficient (Wildman–Crippen LogP) is 3.07. The van der Waals surface area contributed by atoms with Gasteiger partial charge in [0, 0.05) is 6.26 Å². The van der Waals surface area contributed by atoms with E-state index in [-0.39, 0.29) is 23.3 Å². The summed E-state index contributed by atoms with van der Waals surface area (Å²) in [5.74, 6) is -3.39. The Hall–Kier alpha value is -2.46. The van der Waals surface area contributed by atoms with Gasteiger partial charge in [-0.05, 0) is 59.6 Å². The first-order valence-electron chi connectivity index (χ1n) is 12.9. The zero-order chi connectivity index (χ0) is 31.7. The van der Waals surface area contributed by atoms with Crippen LogP contribution < -0.4 is 15.8 Å². The molecule has 2 aromatic rings. The maximum absolute atomic E-state index is 14.3. The Kier molecular flexibility index (Phi) is 10.2. The normalized spacial score (nSPS) is 23.0. The number of sulfone groups is 1. The van der Waals surface area contributed by atoms with Gasteiger partial charge in [-0.3, -0.25) is 19.6 Å². The monoisotopic (exact) mass is 649 g/mol. The van der Waals surface area contributed by atoms with Crippen LogP contribution in [0.4, 0.5) is 13.2 Å². The van der Waals surface area contributed by atoms with Crippen LogP contribution >= 0.6 is 11.8 Å². The van der Waals surface area contributed by atoms with Crippen LogP contribution in [-0.2, 0) is 29.4 Å². The van der Waals surface area contributed by atoms with Crippen molar-refractivity contribution < 1.29 is 39.6 Å². The fourth-order valence-electron chi connectivity index (χ4n) is 5.28. The molecule has 9 nitrogen and oxygen atoms in total. The molecule has 0 spiro atoms. The summed E-state index contributed by atoms with van der Waals surface area (Å²) < 4.78 is 91.6. The summed E-state index contributed by atoms with van der Waals surface area (Å²) in [6.45, 7) is 1.56. The first kappa shape index (κ1) is 34.0. The highest BCUT2D eigenvalue weighted by Gasteiger charge is 2.58. The maximum atomic E-state index is 14.3. The number of hydrogen-bond donors (Lipinski definition) is 3. The lowest BCUT2D eigenvalue weighted by atomic mass is 9.75. The van der Waals surface area contributed by atoms with E-state index in [0.29, 0.717) is 16.9 Å². The molecule has 0 aliphatic heterocycles. The standard InChI is InChI=1S/C27H34F3N3O6S3/c1-16-15-22(24(34)26(16,31)21(13-14-40-2)25(35)33-42(4,38)39)32-23(27(28,29)30)19-7-5-17(6-8-19)18-9-11-20(12-10-18)41(3,36)37/h5-12,16,21-23,32H,13-15,31H2,1-4H3,(H,33,35)/t16?,21-,22-,23-,26?/m0/s1. The van der Waals surface area contributed by atoms with Crippen LogP contribution in [-0.4, -0.2) is 70.8 Å². The number of hydrogen-bond acceptors (Lipinski definition) is 9. The summed E-state index contributed by atoms with van der Waals surface area (Å²) >= 11 is 1.35. The lowest BCUT2D eigenvalue weighted by Crippen LogP contribution is -2.62. The minimum atomic E-state index is -4.80. The Morgan fingerprint density at radius 3 is 2.02 bits per heavy atom. The molecule has 0 radical (unpaired) electrons. The smallest absolute Gasteiger partial charge is 0.318 e. The number of nitrogens with two attached hydrogens (primary N) is 1. The third-order valence-corrected chi connectivity index (χ3v) is 9.84. The van der Waals surface area contributed by atoms with Gasteiger partial charge in [-0.15, -0.1) is 0 Å². The number of nitrogens with one attached hydrogen (secondary N) is 2. The van der Waals surface area contributed by atoms with Crippen molar-refractivity contribution in [3.8, 4) is 11.1 Å². The molecule has 0 bridgehead atoms. The predicted molar refractivity (Wildman–Crippen MR) is 156 cm³/mol. The topological polar surface area (TPSA) is 152 Å². The van der Waals surface area contributed by atoms with E-state index in [4.69, 9.17) is 5.73 Å². The first-order chi connectivity index (χ1) is 19.3. The van der Waals surface area contributed by atoms with Gasteiger partial charge >= 0.3 is 6.18 Å². The van der Waals surface area contributed by atoms with Gasteiger partial charge < -0.3 is 5.73 Å². The third-order valence-electron chi connectivity index (χ3n) is 7.49. The molecule has 2 unspecified atom stereocenters. The van der Waals surface area contributed by atoms with Crippen LogP contribution in [0.1, 0.15) is 31.4 Å². The number of thioether (sulfide) groups is 1. The molecule has 1 amide bonds. The Bertz CT molecular complexity index is 1510. The average molecular weight is 650 g/mol. The summed E-state index contributed by atoms with van der Waals surface area (Å²) in [4.78, 5) is 26.6. The van der Waals surface area contributed by atoms with Crippen LogP contribution in [0, 0.1) is 11.8 Å². The van der Waals surface area contributed by atoms with Crippen molar-refractivity contribution in [1.29, 1.82) is 0 Å².